The van der Waals surface area contributed by atoms with Crippen LogP contribution in [0.15, 0.2) is 30.3 Å². The summed E-state index contributed by atoms with van der Waals surface area (Å²) in [7, 11) is 0. The van der Waals surface area contributed by atoms with Crippen molar-refractivity contribution in [1.29, 1.82) is 0 Å². The topological polar surface area (TPSA) is 49.4 Å². The molecule has 1 fully saturated rings. The van der Waals surface area contributed by atoms with Crippen LogP contribution in [0.3, 0.4) is 0 Å². The lowest BCUT2D eigenvalue weighted by Crippen LogP contribution is -2.52. The molecule has 1 saturated heterocycles. The quantitative estimate of drug-likeness (QED) is 0.836. The molecule has 0 aliphatic carbocycles. The van der Waals surface area contributed by atoms with Crippen LogP contribution in [0.25, 0.3) is 0 Å². The molecule has 1 atom stereocenters. The summed E-state index contributed by atoms with van der Waals surface area (Å²) in [5, 5.41) is 2.54. The fraction of sp³-hybridized carbons (Fsp3) is 0.385. The number of hydrogen-bond donors (Lipinski definition) is 1. The third kappa shape index (κ3) is 2.84. The van der Waals surface area contributed by atoms with Crippen molar-refractivity contribution < 1.29 is 9.59 Å². The van der Waals surface area contributed by atoms with Crippen LogP contribution in [0, 0.1) is 0 Å². The molecule has 1 aliphatic heterocycles. The number of nitrogens with one attached hydrogen (secondary N) is 1. The number of amides is 2. The molecule has 2 amide bonds. The van der Waals surface area contributed by atoms with Crippen LogP contribution in [-0.2, 0) is 9.59 Å². The van der Waals surface area contributed by atoms with E-state index in [-0.39, 0.29) is 30.8 Å². The molecule has 1 N–H and O–H groups in total. The number of carbonyl (C=O) groups is 2. The van der Waals surface area contributed by atoms with Crippen molar-refractivity contribution in [2.45, 2.75) is 12.8 Å². The van der Waals surface area contributed by atoms with Crippen molar-refractivity contribution in [2.75, 3.05) is 19.6 Å². The van der Waals surface area contributed by atoms with Gasteiger partial charge in [-0.3, -0.25) is 9.59 Å². The third-order valence-electron chi connectivity index (χ3n) is 2.99. The average molecular weight is 232 g/mol. The Morgan fingerprint density at radius 2 is 2.00 bits per heavy atom. The summed E-state index contributed by atoms with van der Waals surface area (Å²) < 4.78 is 0. The monoisotopic (exact) mass is 232 g/mol. The highest BCUT2D eigenvalue weighted by Crippen LogP contribution is 2.16. The van der Waals surface area contributed by atoms with Gasteiger partial charge in [0.25, 0.3) is 0 Å². The predicted molar refractivity (Wildman–Crippen MR) is 64.4 cm³/mol. The molecule has 0 bridgehead atoms. The van der Waals surface area contributed by atoms with Crippen molar-refractivity contribution in [1.82, 2.24) is 10.2 Å². The lowest BCUT2D eigenvalue weighted by atomic mass is 10.0. The summed E-state index contributed by atoms with van der Waals surface area (Å²) in [6.07, 6.45) is 0. The zero-order valence-corrected chi connectivity index (χ0v) is 9.85. The van der Waals surface area contributed by atoms with E-state index in [9.17, 15) is 9.59 Å². The number of rotatable bonds is 3. The Morgan fingerprint density at radius 1 is 1.29 bits per heavy atom. The summed E-state index contributed by atoms with van der Waals surface area (Å²) in [6, 6.07) is 10.0. The van der Waals surface area contributed by atoms with Crippen LogP contribution in [0.2, 0.25) is 0 Å². The van der Waals surface area contributed by atoms with Crippen molar-refractivity contribution >= 4 is 11.8 Å². The number of nitrogens with zero attached hydrogens (tertiary/aromatic N) is 1. The van der Waals surface area contributed by atoms with Crippen molar-refractivity contribution in [2.24, 2.45) is 0 Å². The first-order chi connectivity index (χ1) is 8.16. The molecule has 4 heteroatoms. The molecule has 1 aromatic carbocycles. The van der Waals surface area contributed by atoms with Gasteiger partial charge in [-0.15, -0.1) is 0 Å². The minimum Gasteiger partial charge on any atom is -0.345 e. The van der Waals surface area contributed by atoms with Crippen LogP contribution in [0.4, 0.5) is 0 Å². The van der Waals surface area contributed by atoms with E-state index in [4.69, 9.17) is 0 Å². The average Bonchev–Trinajstić information content (AvgIpc) is 2.35. The minimum atomic E-state index is -0.0788. The zero-order chi connectivity index (χ0) is 12.3. The minimum absolute atomic E-state index is 0.00705. The lowest BCUT2D eigenvalue weighted by Gasteiger charge is -2.29. The second-order valence-electron chi connectivity index (χ2n) is 4.36. The van der Waals surface area contributed by atoms with Crippen molar-refractivity contribution in [3.63, 3.8) is 0 Å². The van der Waals surface area contributed by atoms with E-state index >= 15 is 0 Å². The summed E-state index contributed by atoms with van der Waals surface area (Å²) in [6.45, 7) is 2.96. The van der Waals surface area contributed by atoms with E-state index in [0.717, 1.165) is 0 Å². The highest BCUT2D eigenvalue weighted by Gasteiger charge is 2.24. The Kier molecular flexibility index (Phi) is 3.42. The van der Waals surface area contributed by atoms with Gasteiger partial charge in [0, 0.05) is 6.54 Å². The van der Waals surface area contributed by atoms with Gasteiger partial charge < -0.3 is 10.2 Å². The summed E-state index contributed by atoms with van der Waals surface area (Å²) in [5.74, 6) is 0.156. The van der Waals surface area contributed by atoms with Crippen LogP contribution >= 0.6 is 0 Å². The standard InChI is InChI=1S/C13H16N2O2/c1-10(11-5-3-2-4-6-11)8-15-9-12(16)14-7-13(15)17/h2-6,10H,7-9H2,1H3,(H,14,16). The first kappa shape index (κ1) is 11.6. The van der Waals surface area contributed by atoms with E-state index < -0.39 is 0 Å². The first-order valence-electron chi connectivity index (χ1n) is 5.76. The van der Waals surface area contributed by atoms with Crippen molar-refractivity contribution in [3.8, 4) is 0 Å². The lowest BCUT2D eigenvalue weighted by molar-refractivity contribution is -0.140. The van der Waals surface area contributed by atoms with Gasteiger partial charge in [-0.2, -0.15) is 0 Å². The molecule has 0 saturated carbocycles. The van der Waals surface area contributed by atoms with Crippen LogP contribution in [-0.4, -0.2) is 36.3 Å². The summed E-state index contributed by atoms with van der Waals surface area (Å²) >= 11 is 0. The normalized spacial score (nSPS) is 17.8. The van der Waals surface area contributed by atoms with Crippen LogP contribution in [0.5, 0.6) is 0 Å². The molecule has 0 aromatic heterocycles. The largest absolute Gasteiger partial charge is 0.345 e. The molecule has 1 aromatic rings. The van der Waals surface area contributed by atoms with Crippen LogP contribution < -0.4 is 5.32 Å². The van der Waals surface area contributed by atoms with Gasteiger partial charge in [0.15, 0.2) is 0 Å². The maximum Gasteiger partial charge on any atom is 0.242 e. The number of piperazine rings is 1. The fourth-order valence-corrected chi connectivity index (χ4v) is 1.99. The van der Waals surface area contributed by atoms with E-state index in [1.165, 1.54) is 5.56 Å². The molecule has 1 heterocycles. The summed E-state index contributed by atoms with van der Waals surface area (Å²) in [5.41, 5.74) is 1.19. The zero-order valence-electron chi connectivity index (χ0n) is 9.85. The van der Waals surface area contributed by atoms with Gasteiger partial charge >= 0.3 is 0 Å². The van der Waals surface area contributed by atoms with Gasteiger partial charge in [0.2, 0.25) is 11.8 Å². The van der Waals surface area contributed by atoms with Gasteiger partial charge in [0.1, 0.15) is 0 Å². The molecule has 1 unspecified atom stereocenters. The van der Waals surface area contributed by atoms with Gasteiger partial charge in [-0.05, 0) is 11.5 Å². The number of benzene rings is 1. The molecular weight excluding hydrogens is 216 g/mol. The highest BCUT2D eigenvalue weighted by molar-refractivity contribution is 5.92. The maximum absolute atomic E-state index is 11.6. The van der Waals surface area contributed by atoms with Gasteiger partial charge in [-0.1, -0.05) is 37.3 Å². The first-order valence-corrected chi connectivity index (χ1v) is 5.76. The second kappa shape index (κ2) is 4.99. The highest BCUT2D eigenvalue weighted by atomic mass is 16.2. The molecule has 2 rings (SSSR count). The van der Waals surface area contributed by atoms with E-state index in [0.29, 0.717) is 6.54 Å². The van der Waals surface area contributed by atoms with E-state index in [1.54, 1.807) is 4.90 Å². The van der Waals surface area contributed by atoms with E-state index in [1.807, 2.05) is 30.3 Å². The molecule has 17 heavy (non-hydrogen) atoms. The second-order valence-corrected chi connectivity index (χ2v) is 4.36. The Balaban J connectivity index is 2.00. The van der Waals surface area contributed by atoms with Gasteiger partial charge in [-0.25, -0.2) is 0 Å². The van der Waals surface area contributed by atoms with Crippen LogP contribution in [0.1, 0.15) is 18.4 Å². The van der Waals surface area contributed by atoms with Gasteiger partial charge in [0.05, 0.1) is 13.1 Å². The van der Waals surface area contributed by atoms with E-state index in [2.05, 4.69) is 12.2 Å². The number of hydrogen-bond acceptors (Lipinski definition) is 2. The number of carbonyl (C=O) groups excluding carboxylic acids is 2. The predicted octanol–water partition coefficient (Wildman–Crippen LogP) is 0.748. The maximum atomic E-state index is 11.6. The Labute approximate surface area is 101 Å². The SMILES string of the molecule is CC(CN1CC(=O)NCC1=O)c1ccccc1. The third-order valence-corrected chi connectivity index (χ3v) is 2.99. The summed E-state index contributed by atoms with van der Waals surface area (Å²) in [4.78, 5) is 24.5. The molecular formula is C13H16N2O2. The smallest absolute Gasteiger partial charge is 0.242 e. The van der Waals surface area contributed by atoms with Crippen molar-refractivity contribution in [3.05, 3.63) is 35.9 Å². The fourth-order valence-electron chi connectivity index (χ4n) is 1.99. The molecule has 4 nitrogen and oxygen atoms in total. The Morgan fingerprint density at radius 3 is 2.71 bits per heavy atom. The Bertz CT molecular complexity index is 417. The molecule has 1 aliphatic rings. The molecule has 0 radical (unpaired) electrons. The molecule has 90 valence electrons. The molecule has 0 spiro atoms. The Hall–Kier alpha value is -1.84.